The molecule has 2 fully saturated rings. The van der Waals surface area contributed by atoms with E-state index in [4.69, 9.17) is 9.47 Å². The standard InChI is InChI=1S/C28H37N3O5/c1-5-36-24-8-6-7-22(25(24)32)19-29-15-13-28(14-16-29)26(33)30(27(34)31(28)17-20(2)3)18-21-9-11-23(35-4)12-10-21/h6-12,20,32H,5,13-19H2,1-4H3. The number of carbonyl (C=O) groups is 2. The summed E-state index contributed by atoms with van der Waals surface area (Å²) in [6.45, 7) is 9.17. The summed E-state index contributed by atoms with van der Waals surface area (Å²) in [5.74, 6) is 1.53. The Hall–Kier alpha value is -3.26. The van der Waals surface area contributed by atoms with Crippen LogP contribution in [0.4, 0.5) is 4.79 Å². The maximum atomic E-state index is 13.8. The van der Waals surface area contributed by atoms with Crippen LogP contribution in [0.15, 0.2) is 42.5 Å². The first kappa shape index (κ1) is 25.8. The Morgan fingerprint density at radius 2 is 1.72 bits per heavy atom. The molecule has 3 amide bonds. The lowest BCUT2D eigenvalue weighted by molar-refractivity contribution is -0.136. The van der Waals surface area contributed by atoms with Crippen molar-refractivity contribution in [3.8, 4) is 17.2 Å². The summed E-state index contributed by atoms with van der Waals surface area (Å²) < 4.78 is 10.8. The molecule has 2 aromatic carbocycles. The topological polar surface area (TPSA) is 82.6 Å². The number of amides is 3. The minimum absolute atomic E-state index is 0.107. The zero-order valence-electron chi connectivity index (χ0n) is 21.7. The van der Waals surface area contributed by atoms with E-state index < -0.39 is 5.54 Å². The number of phenols is 1. The number of ether oxygens (including phenoxy) is 2. The average Bonchev–Trinajstić information content (AvgIpc) is 3.05. The number of carbonyl (C=O) groups excluding carboxylic acids is 2. The summed E-state index contributed by atoms with van der Waals surface area (Å²) in [6, 6.07) is 12.8. The van der Waals surface area contributed by atoms with E-state index in [1.165, 1.54) is 4.90 Å². The second-order valence-electron chi connectivity index (χ2n) is 10.0. The molecule has 0 saturated carbocycles. The Balaban J connectivity index is 1.50. The number of piperidine rings is 1. The Morgan fingerprint density at radius 3 is 2.33 bits per heavy atom. The van der Waals surface area contributed by atoms with Crippen LogP contribution >= 0.6 is 0 Å². The Morgan fingerprint density at radius 1 is 1.03 bits per heavy atom. The van der Waals surface area contributed by atoms with E-state index in [0.717, 1.165) is 16.9 Å². The Bertz CT molecular complexity index is 1080. The quantitative estimate of drug-likeness (QED) is 0.524. The molecule has 2 saturated heterocycles. The van der Waals surface area contributed by atoms with Gasteiger partial charge in [0.25, 0.3) is 5.91 Å². The molecule has 2 heterocycles. The highest BCUT2D eigenvalue weighted by molar-refractivity contribution is 6.07. The minimum atomic E-state index is -0.820. The molecule has 0 unspecified atom stereocenters. The average molecular weight is 496 g/mol. The molecule has 1 N–H and O–H groups in total. The van der Waals surface area contributed by atoms with Gasteiger partial charge in [0.05, 0.1) is 20.3 Å². The molecule has 2 aliphatic rings. The first-order valence-electron chi connectivity index (χ1n) is 12.7. The van der Waals surface area contributed by atoms with Gasteiger partial charge in [-0.2, -0.15) is 0 Å². The van der Waals surface area contributed by atoms with Crippen molar-refractivity contribution in [2.24, 2.45) is 5.92 Å². The van der Waals surface area contributed by atoms with Gasteiger partial charge in [0.1, 0.15) is 11.3 Å². The molecule has 0 atom stereocenters. The molecular formula is C28H37N3O5. The number of hydrogen-bond donors (Lipinski definition) is 1. The first-order valence-corrected chi connectivity index (χ1v) is 12.7. The number of urea groups is 1. The first-order chi connectivity index (χ1) is 17.3. The SMILES string of the molecule is CCOc1cccc(CN2CCC3(CC2)C(=O)N(Cc2ccc(OC)cc2)C(=O)N3CC(C)C)c1O. The van der Waals surface area contributed by atoms with Crippen molar-refractivity contribution in [1.29, 1.82) is 0 Å². The van der Waals surface area contributed by atoms with Gasteiger partial charge in [0.2, 0.25) is 0 Å². The highest BCUT2D eigenvalue weighted by atomic mass is 16.5. The lowest BCUT2D eigenvalue weighted by Gasteiger charge is -2.42. The molecule has 0 aromatic heterocycles. The van der Waals surface area contributed by atoms with E-state index in [0.29, 0.717) is 51.4 Å². The van der Waals surface area contributed by atoms with Crippen molar-refractivity contribution in [3.63, 3.8) is 0 Å². The number of methoxy groups -OCH3 is 1. The third kappa shape index (κ3) is 5.00. The number of imide groups is 1. The number of hydrogen-bond acceptors (Lipinski definition) is 6. The van der Waals surface area contributed by atoms with Crippen molar-refractivity contribution >= 4 is 11.9 Å². The van der Waals surface area contributed by atoms with Gasteiger partial charge in [-0.1, -0.05) is 38.1 Å². The predicted molar refractivity (Wildman–Crippen MR) is 137 cm³/mol. The van der Waals surface area contributed by atoms with Crippen molar-refractivity contribution in [1.82, 2.24) is 14.7 Å². The Kier molecular flexibility index (Phi) is 7.73. The van der Waals surface area contributed by atoms with Crippen LogP contribution in [-0.2, 0) is 17.9 Å². The maximum Gasteiger partial charge on any atom is 0.327 e. The van der Waals surface area contributed by atoms with Crippen LogP contribution in [0, 0.1) is 5.92 Å². The van der Waals surface area contributed by atoms with Crippen LogP contribution in [0.25, 0.3) is 0 Å². The fourth-order valence-corrected chi connectivity index (χ4v) is 5.23. The normalized spacial score (nSPS) is 17.9. The molecule has 2 aromatic rings. The number of aromatic hydroxyl groups is 1. The molecular weight excluding hydrogens is 458 g/mol. The van der Waals surface area contributed by atoms with Gasteiger partial charge in [-0.3, -0.25) is 14.6 Å². The number of likely N-dealkylation sites (tertiary alicyclic amines) is 1. The minimum Gasteiger partial charge on any atom is -0.504 e. The molecule has 1 spiro atoms. The fraction of sp³-hybridized carbons (Fsp3) is 0.500. The van der Waals surface area contributed by atoms with Gasteiger partial charge in [0, 0.05) is 31.7 Å². The number of rotatable bonds is 9. The van der Waals surface area contributed by atoms with E-state index in [1.807, 2.05) is 48.2 Å². The molecule has 2 aliphatic heterocycles. The van der Waals surface area contributed by atoms with Crippen LogP contribution in [0.1, 0.15) is 44.7 Å². The summed E-state index contributed by atoms with van der Waals surface area (Å²) in [7, 11) is 1.61. The lowest BCUT2D eigenvalue weighted by atomic mass is 9.85. The van der Waals surface area contributed by atoms with Gasteiger partial charge >= 0.3 is 6.03 Å². The van der Waals surface area contributed by atoms with Crippen LogP contribution in [0.2, 0.25) is 0 Å². The zero-order chi connectivity index (χ0) is 25.9. The number of benzene rings is 2. The van der Waals surface area contributed by atoms with E-state index in [-0.39, 0.29) is 30.2 Å². The highest BCUT2D eigenvalue weighted by Crippen LogP contribution is 2.39. The van der Waals surface area contributed by atoms with Crippen LogP contribution in [-0.4, -0.2) is 70.6 Å². The number of phenolic OH excluding ortho intramolecular Hbond substituents is 1. The van der Waals surface area contributed by atoms with Gasteiger partial charge < -0.3 is 19.5 Å². The van der Waals surface area contributed by atoms with E-state index in [9.17, 15) is 14.7 Å². The van der Waals surface area contributed by atoms with E-state index in [2.05, 4.69) is 18.7 Å². The summed E-state index contributed by atoms with van der Waals surface area (Å²) in [5.41, 5.74) is 0.867. The second-order valence-corrected chi connectivity index (χ2v) is 10.0. The summed E-state index contributed by atoms with van der Waals surface area (Å²) in [4.78, 5) is 32.8. The van der Waals surface area contributed by atoms with E-state index >= 15 is 0 Å². The Labute approximate surface area is 213 Å². The third-order valence-corrected chi connectivity index (χ3v) is 7.13. The highest BCUT2D eigenvalue weighted by Gasteiger charge is 2.57. The number of nitrogens with zero attached hydrogens (tertiary/aromatic N) is 3. The molecule has 0 aliphatic carbocycles. The monoisotopic (exact) mass is 495 g/mol. The molecule has 4 rings (SSSR count). The summed E-state index contributed by atoms with van der Waals surface area (Å²) in [5, 5.41) is 10.6. The molecule has 36 heavy (non-hydrogen) atoms. The second kappa shape index (κ2) is 10.8. The van der Waals surface area contributed by atoms with Gasteiger partial charge in [-0.05, 0) is 49.4 Å². The number of para-hydroxylation sites is 1. The van der Waals surface area contributed by atoms with Crippen LogP contribution in [0.3, 0.4) is 0 Å². The smallest absolute Gasteiger partial charge is 0.327 e. The molecule has 8 nitrogen and oxygen atoms in total. The molecule has 0 bridgehead atoms. The van der Waals surface area contributed by atoms with Crippen molar-refractivity contribution in [2.45, 2.75) is 52.2 Å². The zero-order valence-corrected chi connectivity index (χ0v) is 21.7. The van der Waals surface area contributed by atoms with Gasteiger partial charge in [-0.15, -0.1) is 0 Å². The third-order valence-electron chi connectivity index (χ3n) is 7.13. The van der Waals surface area contributed by atoms with Crippen LogP contribution in [0.5, 0.6) is 17.2 Å². The molecule has 8 heteroatoms. The summed E-state index contributed by atoms with van der Waals surface area (Å²) in [6.07, 6.45) is 1.13. The maximum absolute atomic E-state index is 13.8. The van der Waals surface area contributed by atoms with Crippen LogP contribution < -0.4 is 9.47 Å². The molecule has 194 valence electrons. The van der Waals surface area contributed by atoms with Gasteiger partial charge in [-0.25, -0.2) is 4.79 Å². The largest absolute Gasteiger partial charge is 0.504 e. The predicted octanol–water partition coefficient (Wildman–Crippen LogP) is 4.25. The summed E-state index contributed by atoms with van der Waals surface area (Å²) >= 11 is 0. The fourth-order valence-electron chi connectivity index (χ4n) is 5.23. The van der Waals surface area contributed by atoms with E-state index in [1.54, 1.807) is 13.2 Å². The van der Waals surface area contributed by atoms with Gasteiger partial charge in [0.15, 0.2) is 11.5 Å². The van der Waals surface area contributed by atoms with Crippen molar-refractivity contribution < 1.29 is 24.2 Å². The van der Waals surface area contributed by atoms with Crippen molar-refractivity contribution in [2.75, 3.05) is 33.4 Å². The molecule has 0 radical (unpaired) electrons. The lowest BCUT2D eigenvalue weighted by Crippen LogP contribution is -2.57. The van der Waals surface area contributed by atoms with Crippen molar-refractivity contribution in [3.05, 3.63) is 53.6 Å².